The van der Waals surface area contributed by atoms with Crippen LogP contribution in [-0.4, -0.2) is 23.9 Å². The maximum absolute atomic E-state index is 12.5. The molecule has 0 unspecified atom stereocenters. The van der Waals surface area contributed by atoms with E-state index in [4.69, 9.17) is 16.6 Å². The van der Waals surface area contributed by atoms with Crippen molar-refractivity contribution in [2.75, 3.05) is 18.0 Å². The molecular weight excluding hydrogens is 368 g/mol. The Hall–Kier alpha value is -2.65. The first-order valence-electron chi connectivity index (χ1n) is 9.75. The van der Waals surface area contributed by atoms with Crippen molar-refractivity contribution in [3.63, 3.8) is 0 Å². The van der Waals surface area contributed by atoms with Crippen LogP contribution >= 0.6 is 11.6 Å². The van der Waals surface area contributed by atoms with E-state index >= 15 is 0 Å². The van der Waals surface area contributed by atoms with Gasteiger partial charge in [-0.15, -0.1) is 0 Å². The van der Waals surface area contributed by atoms with E-state index in [0.29, 0.717) is 17.9 Å². The molecule has 1 aliphatic heterocycles. The maximum atomic E-state index is 12.5. The Kier molecular flexibility index (Phi) is 5.73. The molecule has 28 heavy (non-hydrogen) atoms. The number of ketones is 1. The van der Waals surface area contributed by atoms with Crippen LogP contribution in [0, 0.1) is 0 Å². The molecule has 0 atom stereocenters. The molecule has 0 bridgehead atoms. The van der Waals surface area contributed by atoms with Gasteiger partial charge >= 0.3 is 0 Å². The van der Waals surface area contributed by atoms with Crippen molar-refractivity contribution < 1.29 is 4.79 Å². The number of carbonyl (C=O) groups is 1. The molecule has 0 aliphatic carbocycles. The number of hydrogen-bond donors (Lipinski definition) is 0. The van der Waals surface area contributed by atoms with Gasteiger partial charge in [-0.05, 0) is 54.3 Å². The summed E-state index contributed by atoms with van der Waals surface area (Å²) >= 11 is 5.91. The fourth-order valence-electron chi connectivity index (χ4n) is 3.67. The van der Waals surface area contributed by atoms with Crippen molar-refractivity contribution in [1.82, 2.24) is 4.98 Å². The number of pyridine rings is 1. The first-order chi connectivity index (χ1) is 13.7. The number of aromatic nitrogens is 1. The van der Waals surface area contributed by atoms with Gasteiger partial charge in [0.25, 0.3) is 0 Å². The molecule has 3 aromatic rings. The van der Waals surface area contributed by atoms with E-state index in [2.05, 4.69) is 29.2 Å². The van der Waals surface area contributed by atoms with Gasteiger partial charge in [0, 0.05) is 36.5 Å². The molecule has 0 amide bonds. The van der Waals surface area contributed by atoms with E-state index in [-0.39, 0.29) is 5.78 Å². The lowest BCUT2D eigenvalue weighted by Gasteiger charge is -2.17. The van der Waals surface area contributed by atoms with Crippen LogP contribution < -0.4 is 4.90 Å². The van der Waals surface area contributed by atoms with Crippen LogP contribution in [0.2, 0.25) is 5.02 Å². The largest absolute Gasteiger partial charge is 0.357 e. The molecule has 0 radical (unpaired) electrons. The average Bonchev–Trinajstić information content (AvgIpc) is 3.25. The quantitative estimate of drug-likeness (QED) is 0.568. The highest BCUT2D eigenvalue weighted by molar-refractivity contribution is 6.30. The minimum Gasteiger partial charge on any atom is -0.357 e. The topological polar surface area (TPSA) is 33.2 Å². The van der Waals surface area contributed by atoms with Crippen molar-refractivity contribution in [2.24, 2.45) is 0 Å². The molecule has 1 aromatic heterocycles. The van der Waals surface area contributed by atoms with Crippen LogP contribution in [0.3, 0.4) is 0 Å². The summed E-state index contributed by atoms with van der Waals surface area (Å²) in [6, 6.07) is 21.8. The van der Waals surface area contributed by atoms with Crippen molar-refractivity contribution in [3.05, 3.63) is 82.9 Å². The third-order valence-corrected chi connectivity index (χ3v) is 5.36. The third-order valence-electron chi connectivity index (χ3n) is 5.10. The lowest BCUT2D eigenvalue weighted by atomic mass is 10.0. The predicted molar refractivity (Wildman–Crippen MR) is 115 cm³/mol. The molecule has 4 heteroatoms. The molecular formula is C24H23ClN2O. The van der Waals surface area contributed by atoms with Crippen molar-refractivity contribution in [2.45, 2.75) is 25.7 Å². The second kappa shape index (κ2) is 8.57. The number of nitrogens with zero attached hydrogens (tertiary/aromatic N) is 2. The number of benzene rings is 2. The van der Waals surface area contributed by atoms with Crippen LogP contribution in [0.4, 0.5) is 5.82 Å². The Labute approximate surface area is 171 Å². The van der Waals surface area contributed by atoms with Crippen LogP contribution in [-0.2, 0) is 17.6 Å². The minimum absolute atomic E-state index is 0.193. The highest BCUT2D eigenvalue weighted by atomic mass is 35.5. The standard InChI is InChI=1S/C24H23ClN2O/c25-21-11-9-18(10-12-21)16-22(28)17-19-5-3-6-20(15-19)23-7-4-8-24(26-23)27-13-1-2-14-27/h3-12,15H,1-2,13-14,16-17H2. The lowest BCUT2D eigenvalue weighted by Crippen LogP contribution is -2.18. The summed E-state index contributed by atoms with van der Waals surface area (Å²) < 4.78 is 0. The molecule has 142 valence electrons. The van der Waals surface area contributed by atoms with Crippen LogP contribution in [0.5, 0.6) is 0 Å². The smallest absolute Gasteiger partial charge is 0.141 e. The molecule has 1 fully saturated rings. The molecule has 0 saturated carbocycles. The molecule has 2 aromatic carbocycles. The Bertz CT molecular complexity index is 962. The number of hydrogen-bond acceptors (Lipinski definition) is 3. The van der Waals surface area contributed by atoms with E-state index in [1.165, 1.54) is 12.8 Å². The van der Waals surface area contributed by atoms with E-state index < -0.39 is 0 Å². The second-order valence-corrected chi connectivity index (χ2v) is 7.73. The number of halogens is 1. The zero-order valence-electron chi connectivity index (χ0n) is 15.8. The van der Waals surface area contributed by atoms with Crippen LogP contribution in [0.15, 0.2) is 66.7 Å². The fraction of sp³-hybridized carbons (Fsp3) is 0.250. The fourth-order valence-corrected chi connectivity index (χ4v) is 3.79. The van der Waals surface area contributed by atoms with Gasteiger partial charge in [0.2, 0.25) is 0 Å². The maximum Gasteiger partial charge on any atom is 0.141 e. The average molecular weight is 391 g/mol. The van der Waals surface area contributed by atoms with Gasteiger partial charge in [-0.25, -0.2) is 4.98 Å². The first-order valence-corrected chi connectivity index (χ1v) is 10.1. The zero-order chi connectivity index (χ0) is 19.3. The van der Waals surface area contributed by atoms with Gasteiger partial charge in [-0.1, -0.05) is 48.0 Å². The third kappa shape index (κ3) is 4.60. The lowest BCUT2D eigenvalue weighted by molar-refractivity contribution is -0.117. The molecule has 1 aliphatic rings. The van der Waals surface area contributed by atoms with Crippen LogP contribution in [0.1, 0.15) is 24.0 Å². The molecule has 3 nitrogen and oxygen atoms in total. The van der Waals surface area contributed by atoms with Gasteiger partial charge in [-0.2, -0.15) is 0 Å². The number of Topliss-reactive ketones (excluding diaryl/α,β-unsaturated/α-hetero) is 1. The SMILES string of the molecule is O=C(Cc1ccc(Cl)cc1)Cc1cccc(-c2cccc(N3CCCC3)n2)c1. The first kappa shape index (κ1) is 18.7. The summed E-state index contributed by atoms with van der Waals surface area (Å²) in [6.07, 6.45) is 3.31. The summed E-state index contributed by atoms with van der Waals surface area (Å²) in [5.74, 6) is 1.23. The molecule has 0 spiro atoms. The Balaban J connectivity index is 1.47. The van der Waals surface area contributed by atoms with Crippen molar-refractivity contribution in [1.29, 1.82) is 0 Å². The van der Waals surface area contributed by atoms with Gasteiger partial charge in [0.05, 0.1) is 5.69 Å². The monoisotopic (exact) mass is 390 g/mol. The second-order valence-electron chi connectivity index (χ2n) is 7.29. The van der Waals surface area contributed by atoms with E-state index in [1.807, 2.05) is 42.5 Å². The normalized spacial score (nSPS) is 13.7. The number of anilines is 1. The number of carbonyl (C=O) groups excluding carboxylic acids is 1. The number of rotatable bonds is 6. The van der Waals surface area contributed by atoms with Gasteiger partial charge in [0.15, 0.2) is 0 Å². The van der Waals surface area contributed by atoms with E-state index in [0.717, 1.165) is 41.3 Å². The molecule has 2 heterocycles. The summed E-state index contributed by atoms with van der Waals surface area (Å²) in [4.78, 5) is 19.7. The Morgan fingerprint density at radius 3 is 2.39 bits per heavy atom. The minimum atomic E-state index is 0.193. The predicted octanol–water partition coefficient (Wildman–Crippen LogP) is 5.36. The Morgan fingerprint density at radius 1 is 0.893 bits per heavy atom. The highest BCUT2D eigenvalue weighted by Gasteiger charge is 2.14. The molecule has 4 rings (SSSR count). The van der Waals surface area contributed by atoms with Crippen LogP contribution in [0.25, 0.3) is 11.3 Å². The Morgan fingerprint density at radius 2 is 1.61 bits per heavy atom. The summed E-state index contributed by atoms with van der Waals surface area (Å²) in [5, 5.41) is 0.688. The van der Waals surface area contributed by atoms with E-state index in [9.17, 15) is 4.79 Å². The van der Waals surface area contributed by atoms with Gasteiger partial charge in [0.1, 0.15) is 11.6 Å². The van der Waals surface area contributed by atoms with E-state index in [1.54, 1.807) is 0 Å². The van der Waals surface area contributed by atoms with Crippen molar-refractivity contribution in [3.8, 4) is 11.3 Å². The van der Waals surface area contributed by atoms with Crippen molar-refractivity contribution >= 4 is 23.2 Å². The molecule has 0 N–H and O–H groups in total. The van der Waals surface area contributed by atoms with Gasteiger partial charge < -0.3 is 4.90 Å². The molecule has 1 saturated heterocycles. The van der Waals surface area contributed by atoms with Gasteiger partial charge in [-0.3, -0.25) is 4.79 Å². The zero-order valence-corrected chi connectivity index (χ0v) is 16.5. The summed E-state index contributed by atoms with van der Waals surface area (Å²) in [5.41, 5.74) is 4.02. The summed E-state index contributed by atoms with van der Waals surface area (Å²) in [6.45, 7) is 2.16. The highest BCUT2D eigenvalue weighted by Crippen LogP contribution is 2.24. The summed E-state index contributed by atoms with van der Waals surface area (Å²) in [7, 11) is 0.